The summed E-state index contributed by atoms with van der Waals surface area (Å²) in [5.41, 5.74) is 2.52. The normalized spacial score (nSPS) is 19.1. The third-order valence-corrected chi connectivity index (χ3v) is 3.73. The van der Waals surface area contributed by atoms with Gasteiger partial charge in [-0.25, -0.2) is 0 Å². The summed E-state index contributed by atoms with van der Waals surface area (Å²) >= 11 is 0. The van der Waals surface area contributed by atoms with Gasteiger partial charge in [0.2, 0.25) is 5.91 Å². The van der Waals surface area contributed by atoms with Gasteiger partial charge >= 0.3 is 0 Å². The Kier molecular flexibility index (Phi) is 3.56. The molecule has 2 aromatic rings. The van der Waals surface area contributed by atoms with Gasteiger partial charge in [0.1, 0.15) is 5.76 Å². The predicted octanol–water partition coefficient (Wildman–Crippen LogP) is 2.17. The van der Waals surface area contributed by atoms with E-state index in [1.165, 1.54) is 11.1 Å². The molecule has 3 rings (SSSR count). The highest BCUT2D eigenvalue weighted by Gasteiger charge is 2.25. The monoisotopic (exact) mass is 270 g/mol. The molecule has 1 aliphatic rings. The molecule has 0 aliphatic carbocycles. The SMILES string of the molecule is C[C@H](NC(=O)[C@H]1Cc2ccccc2CN1)c1ccco1. The minimum absolute atomic E-state index is 0.0170. The molecule has 0 unspecified atom stereocenters. The summed E-state index contributed by atoms with van der Waals surface area (Å²) in [6, 6.07) is 11.6. The quantitative estimate of drug-likeness (QED) is 0.898. The van der Waals surface area contributed by atoms with Crippen molar-refractivity contribution in [2.45, 2.75) is 32.0 Å². The molecule has 0 radical (unpaired) electrons. The highest BCUT2D eigenvalue weighted by atomic mass is 16.3. The number of rotatable bonds is 3. The number of carbonyl (C=O) groups excluding carboxylic acids is 1. The summed E-state index contributed by atoms with van der Waals surface area (Å²) in [6.45, 7) is 2.66. The molecule has 2 N–H and O–H groups in total. The molecule has 1 aromatic heterocycles. The Labute approximate surface area is 118 Å². The average molecular weight is 270 g/mol. The molecule has 0 bridgehead atoms. The van der Waals surface area contributed by atoms with Crippen LogP contribution in [0.25, 0.3) is 0 Å². The van der Waals surface area contributed by atoms with Crippen LogP contribution >= 0.6 is 0 Å². The van der Waals surface area contributed by atoms with E-state index >= 15 is 0 Å². The van der Waals surface area contributed by atoms with Crippen molar-refractivity contribution in [1.29, 1.82) is 0 Å². The smallest absolute Gasteiger partial charge is 0.238 e. The van der Waals surface area contributed by atoms with Crippen LogP contribution in [0.4, 0.5) is 0 Å². The summed E-state index contributed by atoms with van der Waals surface area (Å²) in [5.74, 6) is 0.790. The van der Waals surface area contributed by atoms with Crippen molar-refractivity contribution in [3.05, 3.63) is 59.5 Å². The van der Waals surface area contributed by atoms with Crippen LogP contribution in [0.2, 0.25) is 0 Å². The van der Waals surface area contributed by atoms with Crippen molar-refractivity contribution in [3.63, 3.8) is 0 Å². The van der Waals surface area contributed by atoms with Crippen LogP contribution in [0.3, 0.4) is 0 Å². The highest BCUT2D eigenvalue weighted by Crippen LogP contribution is 2.17. The second kappa shape index (κ2) is 5.51. The second-order valence-electron chi connectivity index (χ2n) is 5.15. The molecule has 0 saturated carbocycles. The van der Waals surface area contributed by atoms with Gasteiger partial charge in [-0.05, 0) is 36.6 Å². The lowest BCUT2D eigenvalue weighted by atomic mass is 9.95. The number of furan rings is 1. The first-order valence-corrected chi connectivity index (χ1v) is 6.88. The molecule has 0 spiro atoms. The molecular formula is C16H18N2O2. The van der Waals surface area contributed by atoms with Crippen molar-refractivity contribution in [3.8, 4) is 0 Å². The summed E-state index contributed by atoms with van der Waals surface area (Å²) in [4.78, 5) is 12.3. The number of hydrogen-bond donors (Lipinski definition) is 2. The number of fused-ring (bicyclic) bond motifs is 1. The lowest BCUT2D eigenvalue weighted by Gasteiger charge is -2.26. The van der Waals surface area contributed by atoms with E-state index in [0.29, 0.717) is 0 Å². The lowest BCUT2D eigenvalue weighted by Crippen LogP contribution is -2.48. The van der Waals surface area contributed by atoms with Crippen LogP contribution in [0.15, 0.2) is 47.1 Å². The fraction of sp³-hybridized carbons (Fsp3) is 0.312. The third-order valence-electron chi connectivity index (χ3n) is 3.73. The number of hydrogen-bond acceptors (Lipinski definition) is 3. The summed E-state index contributed by atoms with van der Waals surface area (Å²) < 4.78 is 5.30. The molecule has 0 fully saturated rings. The fourth-order valence-corrected chi connectivity index (χ4v) is 2.56. The Morgan fingerprint density at radius 3 is 2.85 bits per heavy atom. The number of amides is 1. The maximum Gasteiger partial charge on any atom is 0.238 e. The molecule has 1 aromatic carbocycles. The lowest BCUT2D eigenvalue weighted by molar-refractivity contribution is -0.124. The molecule has 0 saturated heterocycles. The summed E-state index contributed by atoms with van der Waals surface area (Å²) in [5, 5.41) is 6.27. The molecule has 1 aliphatic heterocycles. The minimum atomic E-state index is -0.178. The van der Waals surface area contributed by atoms with Gasteiger partial charge in [0.25, 0.3) is 0 Å². The van der Waals surface area contributed by atoms with Gasteiger partial charge in [-0.15, -0.1) is 0 Å². The van der Waals surface area contributed by atoms with E-state index in [1.807, 2.05) is 31.2 Å². The fourth-order valence-electron chi connectivity index (χ4n) is 2.56. The molecule has 2 atom stereocenters. The van der Waals surface area contributed by atoms with Crippen molar-refractivity contribution >= 4 is 5.91 Å². The zero-order chi connectivity index (χ0) is 13.9. The average Bonchev–Trinajstić information content (AvgIpc) is 3.01. The molecule has 1 amide bonds. The summed E-state index contributed by atoms with van der Waals surface area (Å²) in [7, 11) is 0. The highest BCUT2D eigenvalue weighted by molar-refractivity contribution is 5.82. The topological polar surface area (TPSA) is 54.3 Å². The van der Waals surface area contributed by atoms with Crippen molar-refractivity contribution in [2.24, 2.45) is 0 Å². The number of carbonyl (C=O) groups is 1. The van der Waals surface area contributed by atoms with Crippen LogP contribution in [0.1, 0.15) is 29.9 Å². The Bertz CT molecular complexity index is 592. The molecule has 4 heteroatoms. The Balaban J connectivity index is 1.64. The van der Waals surface area contributed by atoms with Crippen LogP contribution in [0, 0.1) is 0 Å². The van der Waals surface area contributed by atoms with Gasteiger partial charge in [0.05, 0.1) is 18.3 Å². The first kappa shape index (κ1) is 12.9. The van der Waals surface area contributed by atoms with E-state index in [2.05, 4.69) is 22.8 Å². The van der Waals surface area contributed by atoms with Gasteiger partial charge in [-0.3, -0.25) is 4.79 Å². The zero-order valence-electron chi connectivity index (χ0n) is 11.4. The molecule has 104 valence electrons. The molecule has 2 heterocycles. The van der Waals surface area contributed by atoms with Crippen molar-refractivity contribution in [2.75, 3.05) is 0 Å². The predicted molar refractivity (Wildman–Crippen MR) is 76.0 cm³/mol. The number of nitrogens with one attached hydrogen (secondary N) is 2. The second-order valence-corrected chi connectivity index (χ2v) is 5.15. The summed E-state index contributed by atoms with van der Waals surface area (Å²) in [6.07, 6.45) is 2.35. The Morgan fingerprint density at radius 1 is 1.30 bits per heavy atom. The van der Waals surface area contributed by atoms with E-state index < -0.39 is 0 Å². The molecular weight excluding hydrogens is 252 g/mol. The standard InChI is InChI=1S/C16H18N2O2/c1-11(15-7-4-8-20-15)18-16(19)14-9-12-5-2-3-6-13(12)10-17-14/h2-8,11,14,17H,9-10H2,1H3,(H,18,19)/t11-,14+/m0/s1. The van der Waals surface area contributed by atoms with Gasteiger partial charge in [-0.1, -0.05) is 24.3 Å². The van der Waals surface area contributed by atoms with E-state index in [4.69, 9.17) is 4.42 Å². The minimum Gasteiger partial charge on any atom is -0.467 e. The number of benzene rings is 1. The molecule has 4 nitrogen and oxygen atoms in total. The third kappa shape index (κ3) is 2.60. The van der Waals surface area contributed by atoms with Crippen molar-refractivity contribution < 1.29 is 9.21 Å². The van der Waals surface area contributed by atoms with Gasteiger partial charge in [0.15, 0.2) is 0 Å². The maximum atomic E-state index is 12.3. The Hall–Kier alpha value is -2.07. The maximum absolute atomic E-state index is 12.3. The van der Waals surface area contributed by atoms with Crippen LogP contribution < -0.4 is 10.6 Å². The van der Waals surface area contributed by atoms with E-state index in [0.717, 1.165) is 18.7 Å². The Morgan fingerprint density at radius 2 is 2.10 bits per heavy atom. The van der Waals surface area contributed by atoms with Crippen LogP contribution in [0.5, 0.6) is 0 Å². The first-order valence-electron chi connectivity index (χ1n) is 6.88. The molecule has 20 heavy (non-hydrogen) atoms. The van der Waals surface area contributed by atoms with Gasteiger partial charge in [-0.2, -0.15) is 0 Å². The van der Waals surface area contributed by atoms with Crippen LogP contribution in [-0.2, 0) is 17.8 Å². The zero-order valence-corrected chi connectivity index (χ0v) is 11.4. The van der Waals surface area contributed by atoms with E-state index in [-0.39, 0.29) is 18.0 Å². The van der Waals surface area contributed by atoms with Gasteiger partial charge in [0, 0.05) is 6.54 Å². The van der Waals surface area contributed by atoms with E-state index in [9.17, 15) is 4.79 Å². The van der Waals surface area contributed by atoms with E-state index in [1.54, 1.807) is 6.26 Å². The van der Waals surface area contributed by atoms with Crippen molar-refractivity contribution in [1.82, 2.24) is 10.6 Å². The van der Waals surface area contributed by atoms with Crippen LogP contribution in [-0.4, -0.2) is 11.9 Å². The van der Waals surface area contributed by atoms with Gasteiger partial charge < -0.3 is 15.1 Å². The largest absolute Gasteiger partial charge is 0.467 e. The first-order chi connectivity index (χ1) is 9.74.